The van der Waals surface area contributed by atoms with Gasteiger partial charge in [0.25, 0.3) is 0 Å². The van der Waals surface area contributed by atoms with Gasteiger partial charge in [0.2, 0.25) is 5.88 Å². The van der Waals surface area contributed by atoms with Gasteiger partial charge in [-0.3, -0.25) is 4.98 Å². The maximum atomic E-state index is 9.24. The summed E-state index contributed by atoms with van der Waals surface area (Å²) in [6.07, 6.45) is 3.98. The molecule has 0 bridgehead atoms. The lowest BCUT2D eigenvalue weighted by Gasteiger charge is -2.20. The van der Waals surface area contributed by atoms with Gasteiger partial charge >= 0.3 is 0 Å². The first-order valence-corrected chi connectivity index (χ1v) is 7.34. The Morgan fingerprint density at radius 3 is 2.78 bits per heavy atom. The van der Waals surface area contributed by atoms with Crippen LogP contribution in [0.4, 0.5) is 5.69 Å². The van der Waals surface area contributed by atoms with Crippen molar-refractivity contribution in [2.24, 2.45) is 0 Å². The molecule has 0 unspecified atom stereocenters. The lowest BCUT2D eigenvalue weighted by atomic mass is 10.2. The van der Waals surface area contributed by atoms with Gasteiger partial charge in [0.05, 0.1) is 23.4 Å². The number of hydrogen-bond acceptors (Lipinski definition) is 6. The lowest BCUT2D eigenvalue weighted by Crippen LogP contribution is -2.25. The first kappa shape index (κ1) is 14.8. The summed E-state index contributed by atoms with van der Waals surface area (Å²) in [5.74, 6) is 0.516. The fourth-order valence-corrected chi connectivity index (χ4v) is 2.62. The van der Waals surface area contributed by atoms with Crippen molar-refractivity contribution in [2.45, 2.75) is 19.4 Å². The normalized spacial score (nSPS) is 16.7. The molecule has 6 nitrogen and oxygen atoms in total. The largest absolute Gasteiger partial charge is 0.472 e. The molecule has 1 aliphatic heterocycles. The van der Waals surface area contributed by atoms with Gasteiger partial charge in [-0.15, -0.1) is 0 Å². The number of ether oxygens (including phenoxy) is 1. The third-order valence-corrected chi connectivity index (χ3v) is 3.78. The molecule has 1 fully saturated rings. The Balaban J connectivity index is 1.70. The summed E-state index contributed by atoms with van der Waals surface area (Å²) >= 11 is 0. The smallest absolute Gasteiger partial charge is 0.213 e. The Morgan fingerprint density at radius 2 is 2.09 bits per heavy atom. The molecule has 1 aliphatic rings. The minimum atomic E-state index is 0.00968. The molecule has 6 heteroatoms. The third kappa shape index (κ3) is 3.22. The fraction of sp³-hybridized carbons (Fsp3) is 0.294. The molecule has 0 amide bonds. The Labute approximate surface area is 134 Å². The van der Waals surface area contributed by atoms with E-state index in [1.165, 1.54) is 6.20 Å². The zero-order valence-corrected chi connectivity index (χ0v) is 12.7. The van der Waals surface area contributed by atoms with Gasteiger partial charge in [0.15, 0.2) is 0 Å². The molecule has 2 aromatic rings. The van der Waals surface area contributed by atoms with Crippen LogP contribution in [-0.2, 0) is 0 Å². The summed E-state index contributed by atoms with van der Waals surface area (Å²) in [5.41, 5.74) is 2.88. The van der Waals surface area contributed by atoms with Gasteiger partial charge in [0.1, 0.15) is 18.2 Å². The highest BCUT2D eigenvalue weighted by molar-refractivity contribution is 5.59. The molecular formula is C17H15N5O. The van der Waals surface area contributed by atoms with Crippen LogP contribution in [0.5, 0.6) is 5.88 Å². The van der Waals surface area contributed by atoms with Crippen molar-refractivity contribution < 1.29 is 4.74 Å². The van der Waals surface area contributed by atoms with Gasteiger partial charge in [-0.25, -0.2) is 4.98 Å². The van der Waals surface area contributed by atoms with E-state index in [9.17, 15) is 5.26 Å². The Hall–Kier alpha value is -3.12. The molecule has 114 valence electrons. The number of rotatable bonds is 3. The topological polar surface area (TPSA) is 85.8 Å². The number of aromatic nitrogens is 2. The van der Waals surface area contributed by atoms with Crippen molar-refractivity contribution >= 4 is 5.69 Å². The van der Waals surface area contributed by atoms with Gasteiger partial charge in [0, 0.05) is 37.1 Å². The van der Waals surface area contributed by atoms with E-state index >= 15 is 0 Å². The third-order valence-electron chi connectivity index (χ3n) is 3.78. The predicted octanol–water partition coefficient (Wildman–Crippen LogP) is 2.19. The van der Waals surface area contributed by atoms with Crippen LogP contribution in [-0.4, -0.2) is 29.2 Å². The maximum Gasteiger partial charge on any atom is 0.213 e. The van der Waals surface area contributed by atoms with Crippen LogP contribution in [0, 0.1) is 29.6 Å². The van der Waals surface area contributed by atoms with E-state index < -0.39 is 0 Å². The maximum absolute atomic E-state index is 9.24. The highest BCUT2D eigenvalue weighted by Gasteiger charge is 2.26. The SMILES string of the molecule is Cc1cc(N2CC[C@@H](Oc3ccc(C#N)cn3)C2)c(C#N)cn1. The zero-order valence-electron chi connectivity index (χ0n) is 12.7. The van der Waals surface area contributed by atoms with Crippen molar-refractivity contribution in [2.75, 3.05) is 18.0 Å². The summed E-state index contributed by atoms with van der Waals surface area (Å²) in [6, 6.07) is 9.55. The molecule has 0 saturated carbocycles. The molecule has 2 aromatic heterocycles. The van der Waals surface area contributed by atoms with Gasteiger partial charge < -0.3 is 9.64 Å². The van der Waals surface area contributed by atoms with Crippen molar-refractivity contribution in [3.8, 4) is 18.0 Å². The van der Waals surface area contributed by atoms with E-state index in [-0.39, 0.29) is 6.10 Å². The zero-order chi connectivity index (χ0) is 16.2. The van der Waals surface area contributed by atoms with Gasteiger partial charge in [-0.05, 0) is 19.1 Å². The van der Waals surface area contributed by atoms with Crippen LogP contribution in [0.1, 0.15) is 23.2 Å². The monoisotopic (exact) mass is 305 g/mol. The molecule has 3 rings (SSSR count). The number of pyridine rings is 2. The summed E-state index contributed by atoms with van der Waals surface area (Å²) in [4.78, 5) is 10.4. The van der Waals surface area contributed by atoms with E-state index in [0.29, 0.717) is 23.6 Å². The molecular weight excluding hydrogens is 290 g/mol. The number of nitrogens with zero attached hydrogens (tertiary/aromatic N) is 5. The quantitative estimate of drug-likeness (QED) is 0.864. The molecule has 1 atom stereocenters. The lowest BCUT2D eigenvalue weighted by molar-refractivity contribution is 0.216. The first-order chi connectivity index (χ1) is 11.2. The summed E-state index contributed by atoms with van der Waals surface area (Å²) in [6.45, 7) is 3.42. The highest BCUT2D eigenvalue weighted by Crippen LogP contribution is 2.26. The molecule has 0 spiro atoms. The van der Waals surface area contributed by atoms with Gasteiger partial charge in [-0.1, -0.05) is 0 Å². The highest BCUT2D eigenvalue weighted by atomic mass is 16.5. The summed E-state index contributed by atoms with van der Waals surface area (Å²) < 4.78 is 5.87. The van der Waals surface area contributed by atoms with Crippen LogP contribution >= 0.6 is 0 Å². The van der Waals surface area contributed by atoms with Crippen molar-refractivity contribution in [3.63, 3.8) is 0 Å². The van der Waals surface area contributed by atoms with Crippen molar-refractivity contribution in [1.82, 2.24) is 9.97 Å². The fourth-order valence-electron chi connectivity index (χ4n) is 2.62. The predicted molar refractivity (Wildman–Crippen MR) is 83.9 cm³/mol. The minimum Gasteiger partial charge on any atom is -0.472 e. The Kier molecular flexibility index (Phi) is 4.07. The molecule has 23 heavy (non-hydrogen) atoms. The van der Waals surface area contributed by atoms with Crippen molar-refractivity contribution in [3.05, 3.63) is 47.4 Å². The van der Waals surface area contributed by atoms with E-state index in [0.717, 1.165) is 24.3 Å². The van der Waals surface area contributed by atoms with Crippen LogP contribution < -0.4 is 9.64 Å². The molecule has 0 radical (unpaired) electrons. The van der Waals surface area contributed by atoms with E-state index in [1.54, 1.807) is 18.3 Å². The second-order valence-corrected chi connectivity index (χ2v) is 5.43. The second kappa shape index (κ2) is 6.33. The molecule has 3 heterocycles. The molecule has 0 N–H and O–H groups in total. The molecule has 0 aliphatic carbocycles. The number of anilines is 1. The summed E-state index contributed by atoms with van der Waals surface area (Å²) in [7, 11) is 0. The van der Waals surface area contributed by atoms with Gasteiger partial charge in [-0.2, -0.15) is 10.5 Å². The summed E-state index contributed by atoms with van der Waals surface area (Å²) in [5, 5.41) is 18.0. The average Bonchev–Trinajstić information content (AvgIpc) is 3.04. The van der Waals surface area contributed by atoms with E-state index in [2.05, 4.69) is 20.9 Å². The van der Waals surface area contributed by atoms with Crippen LogP contribution in [0.2, 0.25) is 0 Å². The van der Waals surface area contributed by atoms with E-state index in [4.69, 9.17) is 10.00 Å². The second-order valence-electron chi connectivity index (χ2n) is 5.43. The Morgan fingerprint density at radius 1 is 1.22 bits per heavy atom. The Bertz CT molecular complexity index is 788. The minimum absolute atomic E-state index is 0.00968. The average molecular weight is 305 g/mol. The number of nitriles is 2. The molecule has 1 saturated heterocycles. The first-order valence-electron chi connectivity index (χ1n) is 7.34. The van der Waals surface area contributed by atoms with Crippen LogP contribution in [0.25, 0.3) is 0 Å². The number of hydrogen-bond donors (Lipinski definition) is 0. The standard InChI is InChI=1S/C17H15N5O/c1-12-6-16(14(8-19)10-20-12)22-5-4-15(11-22)23-17-3-2-13(7-18)9-21-17/h2-3,6,9-10,15H,4-5,11H2,1H3/t15-/m1/s1. The van der Waals surface area contributed by atoms with Crippen LogP contribution in [0.3, 0.4) is 0 Å². The van der Waals surface area contributed by atoms with Crippen LogP contribution in [0.15, 0.2) is 30.6 Å². The van der Waals surface area contributed by atoms with E-state index in [1.807, 2.05) is 19.1 Å². The van der Waals surface area contributed by atoms with Crippen molar-refractivity contribution in [1.29, 1.82) is 10.5 Å². The number of aryl methyl sites for hydroxylation is 1. The molecule has 0 aromatic carbocycles.